The standard InChI is InChI=1S/C13H26N2O/c1-14-12-4-3-5-13(12)15-8-6-11(7-9-15)10-16-2/h11-14H,3-10H2,1-2H3. The molecule has 0 aromatic heterocycles. The van der Waals surface area contributed by atoms with Gasteiger partial charge in [0.2, 0.25) is 0 Å². The number of likely N-dealkylation sites (N-methyl/N-ethyl adjacent to an activating group) is 1. The van der Waals surface area contributed by atoms with Crippen LogP contribution in [0.3, 0.4) is 0 Å². The second-order valence-corrected chi connectivity index (χ2v) is 5.33. The number of rotatable bonds is 4. The first-order valence-corrected chi connectivity index (χ1v) is 6.75. The number of hydrogen-bond acceptors (Lipinski definition) is 3. The van der Waals surface area contributed by atoms with E-state index in [-0.39, 0.29) is 0 Å². The molecule has 16 heavy (non-hydrogen) atoms. The highest BCUT2D eigenvalue weighted by molar-refractivity contribution is 4.91. The zero-order chi connectivity index (χ0) is 11.4. The maximum Gasteiger partial charge on any atom is 0.0491 e. The molecule has 94 valence electrons. The molecule has 0 spiro atoms. The Morgan fingerprint density at radius 3 is 2.56 bits per heavy atom. The average molecular weight is 226 g/mol. The van der Waals surface area contributed by atoms with Crippen molar-refractivity contribution in [3.05, 3.63) is 0 Å². The molecular weight excluding hydrogens is 200 g/mol. The van der Waals surface area contributed by atoms with Gasteiger partial charge in [0.25, 0.3) is 0 Å². The van der Waals surface area contributed by atoms with Crippen LogP contribution in [0.25, 0.3) is 0 Å². The van der Waals surface area contributed by atoms with Gasteiger partial charge in [-0.05, 0) is 51.7 Å². The van der Waals surface area contributed by atoms with Crippen molar-refractivity contribution in [1.29, 1.82) is 0 Å². The number of ether oxygens (including phenoxy) is 1. The summed E-state index contributed by atoms with van der Waals surface area (Å²) in [5.74, 6) is 0.802. The minimum atomic E-state index is 0.735. The van der Waals surface area contributed by atoms with E-state index in [1.54, 1.807) is 0 Å². The molecular formula is C13H26N2O. The Morgan fingerprint density at radius 1 is 1.19 bits per heavy atom. The van der Waals surface area contributed by atoms with Gasteiger partial charge in [-0.3, -0.25) is 4.90 Å². The maximum atomic E-state index is 5.25. The molecule has 0 radical (unpaired) electrons. The van der Waals surface area contributed by atoms with Crippen molar-refractivity contribution in [2.75, 3.05) is 33.9 Å². The predicted octanol–water partition coefficient (Wildman–Crippen LogP) is 1.49. The molecule has 1 aliphatic heterocycles. The first-order valence-electron chi connectivity index (χ1n) is 6.75. The molecule has 2 aliphatic rings. The van der Waals surface area contributed by atoms with E-state index in [4.69, 9.17) is 4.74 Å². The van der Waals surface area contributed by atoms with Crippen LogP contribution in [0.1, 0.15) is 32.1 Å². The highest BCUT2D eigenvalue weighted by Crippen LogP contribution is 2.28. The smallest absolute Gasteiger partial charge is 0.0491 e. The summed E-state index contributed by atoms with van der Waals surface area (Å²) in [4.78, 5) is 2.71. The van der Waals surface area contributed by atoms with Crippen LogP contribution in [-0.2, 0) is 4.74 Å². The van der Waals surface area contributed by atoms with Crippen molar-refractivity contribution < 1.29 is 4.74 Å². The number of piperidine rings is 1. The van der Waals surface area contributed by atoms with Gasteiger partial charge in [-0.15, -0.1) is 0 Å². The molecule has 1 saturated carbocycles. The Kier molecular flexibility index (Phi) is 4.62. The van der Waals surface area contributed by atoms with E-state index < -0.39 is 0 Å². The van der Waals surface area contributed by atoms with Crippen LogP contribution in [0.2, 0.25) is 0 Å². The summed E-state index contributed by atoms with van der Waals surface area (Å²) in [6, 6.07) is 1.53. The second kappa shape index (κ2) is 5.99. The minimum absolute atomic E-state index is 0.735. The predicted molar refractivity (Wildman–Crippen MR) is 66.7 cm³/mol. The number of nitrogens with zero attached hydrogens (tertiary/aromatic N) is 1. The Morgan fingerprint density at radius 2 is 1.94 bits per heavy atom. The van der Waals surface area contributed by atoms with Gasteiger partial charge in [-0.2, -0.15) is 0 Å². The number of methoxy groups -OCH3 is 1. The van der Waals surface area contributed by atoms with Gasteiger partial charge in [-0.25, -0.2) is 0 Å². The summed E-state index contributed by atoms with van der Waals surface area (Å²) in [5.41, 5.74) is 0. The molecule has 0 bridgehead atoms. The first-order chi connectivity index (χ1) is 7.85. The number of nitrogens with one attached hydrogen (secondary N) is 1. The molecule has 0 aromatic rings. The topological polar surface area (TPSA) is 24.5 Å². The molecule has 2 rings (SSSR count). The third-order valence-corrected chi connectivity index (χ3v) is 4.37. The maximum absolute atomic E-state index is 5.25. The highest BCUT2D eigenvalue weighted by atomic mass is 16.5. The zero-order valence-corrected chi connectivity index (χ0v) is 10.7. The fourth-order valence-electron chi connectivity index (χ4n) is 3.40. The fourth-order valence-corrected chi connectivity index (χ4v) is 3.40. The van der Waals surface area contributed by atoms with E-state index in [2.05, 4.69) is 17.3 Å². The lowest BCUT2D eigenvalue weighted by Gasteiger charge is -2.38. The molecule has 3 heteroatoms. The van der Waals surface area contributed by atoms with Crippen LogP contribution in [0.4, 0.5) is 0 Å². The Bertz CT molecular complexity index is 202. The summed E-state index contributed by atoms with van der Waals surface area (Å²) in [6.45, 7) is 3.50. The normalized spacial score (nSPS) is 33.4. The van der Waals surface area contributed by atoms with Crippen molar-refractivity contribution in [3.63, 3.8) is 0 Å². The quantitative estimate of drug-likeness (QED) is 0.786. The molecule has 2 unspecified atom stereocenters. The Labute approximate surface area is 99.5 Å². The molecule has 1 saturated heterocycles. The van der Waals surface area contributed by atoms with Crippen molar-refractivity contribution in [2.45, 2.75) is 44.2 Å². The van der Waals surface area contributed by atoms with E-state index in [0.717, 1.165) is 24.6 Å². The van der Waals surface area contributed by atoms with Crippen LogP contribution in [-0.4, -0.2) is 50.8 Å². The summed E-state index contributed by atoms with van der Waals surface area (Å²) in [5, 5.41) is 3.48. The van der Waals surface area contributed by atoms with Gasteiger partial charge >= 0.3 is 0 Å². The lowest BCUT2D eigenvalue weighted by molar-refractivity contribution is 0.0745. The molecule has 2 fully saturated rings. The first kappa shape index (κ1) is 12.3. The van der Waals surface area contributed by atoms with Crippen molar-refractivity contribution in [3.8, 4) is 0 Å². The van der Waals surface area contributed by atoms with Crippen molar-refractivity contribution in [2.24, 2.45) is 5.92 Å². The monoisotopic (exact) mass is 226 g/mol. The van der Waals surface area contributed by atoms with Crippen LogP contribution >= 0.6 is 0 Å². The van der Waals surface area contributed by atoms with Crippen molar-refractivity contribution in [1.82, 2.24) is 10.2 Å². The summed E-state index contributed by atoms with van der Waals surface area (Å²) in [7, 11) is 3.93. The molecule has 0 aromatic carbocycles. The van der Waals surface area contributed by atoms with Gasteiger partial charge in [0.15, 0.2) is 0 Å². The van der Waals surface area contributed by atoms with Gasteiger partial charge in [0, 0.05) is 25.8 Å². The summed E-state index contributed by atoms with van der Waals surface area (Å²) >= 11 is 0. The van der Waals surface area contributed by atoms with E-state index >= 15 is 0 Å². The van der Waals surface area contributed by atoms with E-state index in [1.165, 1.54) is 45.2 Å². The third kappa shape index (κ3) is 2.76. The summed E-state index contributed by atoms with van der Waals surface area (Å²) < 4.78 is 5.25. The van der Waals surface area contributed by atoms with E-state index in [9.17, 15) is 0 Å². The lowest BCUT2D eigenvalue weighted by Crippen LogP contribution is -2.49. The van der Waals surface area contributed by atoms with Crippen LogP contribution < -0.4 is 5.32 Å². The van der Waals surface area contributed by atoms with Crippen LogP contribution in [0.5, 0.6) is 0 Å². The minimum Gasteiger partial charge on any atom is -0.384 e. The molecule has 0 amide bonds. The number of likely N-dealkylation sites (tertiary alicyclic amines) is 1. The van der Waals surface area contributed by atoms with Gasteiger partial charge < -0.3 is 10.1 Å². The number of hydrogen-bond donors (Lipinski definition) is 1. The van der Waals surface area contributed by atoms with Gasteiger partial charge in [0.05, 0.1) is 0 Å². The largest absolute Gasteiger partial charge is 0.384 e. The summed E-state index contributed by atoms with van der Waals surface area (Å²) in [6.07, 6.45) is 6.79. The molecule has 2 atom stereocenters. The van der Waals surface area contributed by atoms with E-state index in [1.807, 2.05) is 7.11 Å². The molecule has 1 heterocycles. The molecule has 3 nitrogen and oxygen atoms in total. The Balaban J connectivity index is 1.79. The zero-order valence-electron chi connectivity index (χ0n) is 10.7. The van der Waals surface area contributed by atoms with Crippen LogP contribution in [0.15, 0.2) is 0 Å². The Hall–Kier alpha value is -0.120. The molecule has 1 aliphatic carbocycles. The highest BCUT2D eigenvalue weighted by Gasteiger charge is 2.32. The van der Waals surface area contributed by atoms with Gasteiger partial charge in [0.1, 0.15) is 0 Å². The van der Waals surface area contributed by atoms with Gasteiger partial charge in [-0.1, -0.05) is 6.42 Å². The molecule has 1 N–H and O–H groups in total. The average Bonchev–Trinajstić information content (AvgIpc) is 2.78. The van der Waals surface area contributed by atoms with E-state index in [0.29, 0.717) is 0 Å². The SMILES string of the molecule is CNC1CCCC1N1CCC(COC)CC1. The van der Waals surface area contributed by atoms with Crippen molar-refractivity contribution >= 4 is 0 Å². The lowest BCUT2D eigenvalue weighted by atomic mass is 9.95. The third-order valence-electron chi connectivity index (χ3n) is 4.37. The fraction of sp³-hybridized carbons (Fsp3) is 1.00. The second-order valence-electron chi connectivity index (χ2n) is 5.33. The van der Waals surface area contributed by atoms with Crippen LogP contribution in [0, 0.1) is 5.92 Å².